The number of carbonyl (C=O) groups is 1. The summed E-state index contributed by atoms with van der Waals surface area (Å²) in [6.07, 6.45) is 4.46. The second kappa shape index (κ2) is 7.85. The van der Waals surface area contributed by atoms with Crippen LogP contribution in [0.1, 0.15) is 17.5 Å². The molecule has 0 unspecified atom stereocenters. The molecule has 23 heavy (non-hydrogen) atoms. The molecular weight excluding hydrogens is 314 g/mol. The van der Waals surface area contributed by atoms with Gasteiger partial charge in [0.15, 0.2) is 0 Å². The first-order valence-corrected chi connectivity index (χ1v) is 8.67. The molecule has 0 saturated carbocycles. The van der Waals surface area contributed by atoms with Gasteiger partial charge in [-0.05, 0) is 42.8 Å². The van der Waals surface area contributed by atoms with Crippen LogP contribution in [0.25, 0.3) is 0 Å². The molecule has 2 aromatic rings. The maximum atomic E-state index is 11.8. The summed E-state index contributed by atoms with van der Waals surface area (Å²) in [4.78, 5) is 16.0. The standard InChI is InChI=1S/C16H19N3O3S/c1-17-23(21,22)15-7-4-14(5-8-15)12-19-16(20)9-6-13-3-2-10-18-11-13/h2-5,7-8,10-11,17H,6,9,12H2,1H3,(H,19,20). The van der Waals surface area contributed by atoms with E-state index in [2.05, 4.69) is 15.0 Å². The smallest absolute Gasteiger partial charge is 0.240 e. The van der Waals surface area contributed by atoms with Crippen LogP contribution in [0.15, 0.2) is 53.7 Å². The maximum Gasteiger partial charge on any atom is 0.240 e. The van der Waals surface area contributed by atoms with Crippen LogP contribution in [0, 0.1) is 0 Å². The van der Waals surface area contributed by atoms with Crippen LogP contribution in [-0.4, -0.2) is 26.4 Å². The first kappa shape index (κ1) is 17.1. The van der Waals surface area contributed by atoms with Gasteiger partial charge >= 0.3 is 0 Å². The second-order valence-electron chi connectivity index (χ2n) is 4.99. The molecular formula is C16H19N3O3S. The molecule has 1 amide bonds. The van der Waals surface area contributed by atoms with Crippen molar-refractivity contribution in [3.8, 4) is 0 Å². The number of nitrogens with zero attached hydrogens (tertiary/aromatic N) is 1. The van der Waals surface area contributed by atoms with Crippen molar-refractivity contribution in [3.05, 3.63) is 59.9 Å². The van der Waals surface area contributed by atoms with E-state index in [0.717, 1.165) is 11.1 Å². The number of rotatable bonds is 7. The van der Waals surface area contributed by atoms with Crippen molar-refractivity contribution < 1.29 is 13.2 Å². The number of carbonyl (C=O) groups excluding carboxylic acids is 1. The Morgan fingerprint density at radius 1 is 1.13 bits per heavy atom. The molecule has 122 valence electrons. The molecule has 1 aromatic heterocycles. The van der Waals surface area contributed by atoms with Crippen LogP contribution in [0.5, 0.6) is 0 Å². The average molecular weight is 333 g/mol. The van der Waals surface area contributed by atoms with Crippen molar-refractivity contribution in [2.45, 2.75) is 24.3 Å². The Kier molecular flexibility index (Phi) is 5.84. The second-order valence-corrected chi connectivity index (χ2v) is 6.88. The monoisotopic (exact) mass is 333 g/mol. The lowest BCUT2D eigenvalue weighted by atomic mass is 10.1. The molecule has 0 aliphatic heterocycles. The van der Waals surface area contributed by atoms with Crippen molar-refractivity contribution in [3.63, 3.8) is 0 Å². The van der Waals surface area contributed by atoms with Gasteiger partial charge in [0.1, 0.15) is 0 Å². The third-order valence-corrected chi connectivity index (χ3v) is 4.79. The fourth-order valence-electron chi connectivity index (χ4n) is 2.00. The van der Waals surface area contributed by atoms with Crippen molar-refractivity contribution in [2.24, 2.45) is 0 Å². The Bertz CT molecular complexity index is 744. The van der Waals surface area contributed by atoms with E-state index in [-0.39, 0.29) is 10.8 Å². The number of hydrogen-bond acceptors (Lipinski definition) is 4. The van der Waals surface area contributed by atoms with Gasteiger partial charge in [0.25, 0.3) is 0 Å². The zero-order valence-electron chi connectivity index (χ0n) is 12.8. The van der Waals surface area contributed by atoms with Gasteiger partial charge in [-0.25, -0.2) is 13.1 Å². The van der Waals surface area contributed by atoms with Crippen LogP contribution < -0.4 is 10.0 Å². The minimum Gasteiger partial charge on any atom is -0.352 e. The SMILES string of the molecule is CNS(=O)(=O)c1ccc(CNC(=O)CCc2cccnc2)cc1. The van der Waals surface area contributed by atoms with Crippen molar-refractivity contribution in [1.29, 1.82) is 0 Å². The minimum absolute atomic E-state index is 0.0548. The molecule has 7 heteroatoms. The molecule has 0 aliphatic rings. The summed E-state index contributed by atoms with van der Waals surface area (Å²) in [6, 6.07) is 10.2. The van der Waals surface area contributed by atoms with Crippen LogP contribution in [0.4, 0.5) is 0 Å². The third-order valence-electron chi connectivity index (χ3n) is 3.36. The summed E-state index contributed by atoms with van der Waals surface area (Å²) >= 11 is 0. The molecule has 0 bridgehead atoms. The van der Waals surface area contributed by atoms with E-state index in [0.29, 0.717) is 19.4 Å². The molecule has 2 rings (SSSR count). The Morgan fingerprint density at radius 2 is 1.87 bits per heavy atom. The van der Waals surface area contributed by atoms with Gasteiger partial charge < -0.3 is 5.32 Å². The maximum absolute atomic E-state index is 11.8. The molecule has 0 radical (unpaired) electrons. The van der Waals surface area contributed by atoms with Crippen LogP contribution in [-0.2, 0) is 27.8 Å². The van der Waals surface area contributed by atoms with Crippen molar-refractivity contribution in [1.82, 2.24) is 15.0 Å². The summed E-state index contributed by atoms with van der Waals surface area (Å²) in [5.41, 5.74) is 1.86. The number of nitrogens with one attached hydrogen (secondary N) is 2. The van der Waals surface area contributed by atoms with E-state index in [4.69, 9.17) is 0 Å². The highest BCUT2D eigenvalue weighted by atomic mass is 32.2. The molecule has 1 heterocycles. The van der Waals surface area contributed by atoms with Gasteiger partial charge in [-0.15, -0.1) is 0 Å². The highest BCUT2D eigenvalue weighted by Gasteiger charge is 2.10. The molecule has 0 aliphatic carbocycles. The Labute approximate surface area is 136 Å². The number of hydrogen-bond donors (Lipinski definition) is 2. The van der Waals surface area contributed by atoms with E-state index in [1.54, 1.807) is 24.5 Å². The molecule has 6 nitrogen and oxygen atoms in total. The van der Waals surface area contributed by atoms with Crippen LogP contribution in [0.2, 0.25) is 0 Å². The third kappa shape index (κ3) is 5.15. The molecule has 0 saturated heterocycles. The lowest BCUT2D eigenvalue weighted by Crippen LogP contribution is -2.23. The van der Waals surface area contributed by atoms with E-state index in [1.165, 1.54) is 19.2 Å². The molecule has 0 fully saturated rings. The topological polar surface area (TPSA) is 88.2 Å². The number of sulfonamides is 1. The van der Waals surface area contributed by atoms with E-state index in [9.17, 15) is 13.2 Å². The Balaban J connectivity index is 1.82. The molecule has 0 atom stereocenters. The van der Waals surface area contributed by atoms with Gasteiger partial charge in [-0.3, -0.25) is 9.78 Å². The number of amides is 1. The lowest BCUT2D eigenvalue weighted by Gasteiger charge is -2.07. The zero-order chi connectivity index (χ0) is 16.7. The largest absolute Gasteiger partial charge is 0.352 e. The van der Waals surface area contributed by atoms with Crippen LogP contribution >= 0.6 is 0 Å². The Morgan fingerprint density at radius 3 is 2.48 bits per heavy atom. The van der Waals surface area contributed by atoms with E-state index in [1.807, 2.05) is 12.1 Å². The van der Waals surface area contributed by atoms with Gasteiger partial charge in [0, 0.05) is 25.4 Å². The normalized spacial score (nSPS) is 11.2. The molecule has 0 spiro atoms. The van der Waals surface area contributed by atoms with Gasteiger partial charge in [-0.2, -0.15) is 0 Å². The lowest BCUT2D eigenvalue weighted by molar-refractivity contribution is -0.121. The summed E-state index contributed by atoms with van der Waals surface area (Å²) in [5, 5.41) is 2.82. The summed E-state index contributed by atoms with van der Waals surface area (Å²) in [5.74, 6) is -0.0548. The summed E-state index contributed by atoms with van der Waals surface area (Å²) in [6.45, 7) is 0.367. The van der Waals surface area contributed by atoms with Gasteiger partial charge in [-0.1, -0.05) is 18.2 Å². The number of benzene rings is 1. The highest BCUT2D eigenvalue weighted by Crippen LogP contribution is 2.10. The van der Waals surface area contributed by atoms with Gasteiger partial charge in [0.05, 0.1) is 4.90 Å². The summed E-state index contributed by atoms with van der Waals surface area (Å²) < 4.78 is 25.5. The highest BCUT2D eigenvalue weighted by molar-refractivity contribution is 7.89. The molecule has 2 N–H and O–H groups in total. The summed E-state index contributed by atoms with van der Waals surface area (Å²) in [7, 11) is -2.06. The number of aromatic nitrogens is 1. The first-order valence-electron chi connectivity index (χ1n) is 7.19. The fraction of sp³-hybridized carbons (Fsp3) is 0.250. The predicted molar refractivity (Wildman–Crippen MR) is 87.1 cm³/mol. The van der Waals surface area contributed by atoms with E-state index >= 15 is 0 Å². The fourth-order valence-corrected chi connectivity index (χ4v) is 2.73. The van der Waals surface area contributed by atoms with Crippen molar-refractivity contribution >= 4 is 15.9 Å². The first-order chi connectivity index (χ1) is 11.0. The van der Waals surface area contributed by atoms with Gasteiger partial charge in [0.2, 0.25) is 15.9 Å². The van der Waals surface area contributed by atoms with Crippen molar-refractivity contribution in [2.75, 3.05) is 7.05 Å². The zero-order valence-corrected chi connectivity index (χ0v) is 13.6. The quantitative estimate of drug-likeness (QED) is 0.798. The average Bonchev–Trinajstić information content (AvgIpc) is 2.59. The van der Waals surface area contributed by atoms with Crippen LogP contribution in [0.3, 0.4) is 0 Å². The number of aryl methyl sites for hydroxylation is 1. The van der Waals surface area contributed by atoms with E-state index < -0.39 is 10.0 Å². The Hall–Kier alpha value is -2.25. The molecule has 1 aromatic carbocycles. The predicted octanol–water partition coefficient (Wildman–Crippen LogP) is 1.24. The number of pyridine rings is 1. The minimum atomic E-state index is -3.43.